The predicted octanol–water partition coefficient (Wildman–Crippen LogP) is 13.2. The highest BCUT2D eigenvalue weighted by atomic mass is 16.7. The van der Waals surface area contributed by atoms with E-state index in [0.29, 0.717) is 17.4 Å². The molecule has 0 spiro atoms. The second-order valence-corrected chi connectivity index (χ2v) is 16.7. The molecule has 2 unspecified atom stereocenters. The molecule has 0 saturated carbocycles. The lowest BCUT2D eigenvalue weighted by Gasteiger charge is -2.25. The quantitative estimate of drug-likeness (QED) is 0.0212. The molecule has 0 aromatic rings. The topological polar surface area (TPSA) is 108 Å². The Balaban J connectivity index is 4.52. The summed E-state index contributed by atoms with van der Waals surface area (Å²) in [4.78, 5) is 37.2. The Bertz CT molecular complexity index is 1390. The van der Waals surface area contributed by atoms with Crippen LogP contribution in [0.3, 0.4) is 0 Å². The Kier molecular flexibility index (Phi) is 41.7. The van der Waals surface area contributed by atoms with E-state index >= 15 is 0 Å². The number of carboxylic acids is 1. The minimum Gasteiger partial charge on any atom is -0.477 e. The number of aliphatic carboxylic acids is 1. The standard InChI is InChI=1S/C54H87NO8/c1-6-8-10-12-14-16-18-20-22-24-25-26-27-29-31-33-35-37-39-41-43-45-52(57)63-50(49-62-54(53(58)59)60-47-46-55(3,4)5)48-61-51(56)44-42-40-38-36-34-32-30-28-23-21-19-17-15-13-11-9-7-2/h8-11,14-17,20-23,25-26,29,31,35,37,50,54H,6-7,12-13,18-19,24,27-28,30,32-34,36,38-49H2,1-5H3/p+1/b10-8-,11-9-,16-14-,17-15-,22-20-,23-21-,26-25-,31-29-,37-35-. The molecule has 0 aliphatic heterocycles. The lowest BCUT2D eigenvalue weighted by atomic mass is 10.1. The summed E-state index contributed by atoms with van der Waals surface area (Å²) in [5.74, 6) is -2.10. The number of carboxylic acid groups (broad SMARTS) is 1. The third-order valence-electron chi connectivity index (χ3n) is 9.52. The molecule has 0 heterocycles. The van der Waals surface area contributed by atoms with Crippen molar-refractivity contribution < 1.29 is 42.9 Å². The molecular weight excluding hydrogens is 791 g/mol. The van der Waals surface area contributed by atoms with Crippen molar-refractivity contribution in [3.05, 3.63) is 109 Å². The van der Waals surface area contributed by atoms with Crippen LogP contribution in [0.2, 0.25) is 0 Å². The fraction of sp³-hybridized carbons (Fsp3) is 0.611. The second-order valence-electron chi connectivity index (χ2n) is 16.7. The van der Waals surface area contributed by atoms with Gasteiger partial charge in [-0.05, 0) is 96.3 Å². The maximum absolute atomic E-state index is 12.8. The number of esters is 2. The average Bonchev–Trinajstić information content (AvgIpc) is 3.24. The van der Waals surface area contributed by atoms with Crippen LogP contribution in [0.4, 0.5) is 0 Å². The number of quaternary nitrogens is 1. The second kappa shape index (κ2) is 44.6. The summed E-state index contributed by atoms with van der Waals surface area (Å²) in [6.07, 6.45) is 57.2. The summed E-state index contributed by atoms with van der Waals surface area (Å²) in [6, 6.07) is 0. The summed E-state index contributed by atoms with van der Waals surface area (Å²) in [5.41, 5.74) is 0. The SMILES string of the molecule is CC/C=C\C/C=C\C/C=C\C/C=C\C/C=C\C/C=C\CCCCC(=O)OC(COC(=O)CCCCCCCCC/C=C\C/C=C\C/C=C\CC)COC(OCC[N+](C)(C)C)C(=O)O. The summed E-state index contributed by atoms with van der Waals surface area (Å²) in [6.45, 7) is 4.55. The fourth-order valence-corrected chi connectivity index (χ4v) is 5.85. The van der Waals surface area contributed by atoms with Crippen LogP contribution in [0.15, 0.2) is 109 Å². The third-order valence-corrected chi connectivity index (χ3v) is 9.52. The zero-order valence-corrected chi connectivity index (χ0v) is 40.2. The molecule has 1 N–H and O–H groups in total. The molecule has 63 heavy (non-hydrogen) atoms. The van der Waals surface area contributed by atoms with Gasteiger partial charge in [-0.15, -0.1) is 0 Å². The highest BCUT2D eigenvalue weighted by Gasteiger charge is 2.25. The molecule has 0 rings (SSSR count). The minimum absolute atomic E-state index is 0.170. The zero-order chi connectivity index (χ0) is 46.3. The van der Waals surface area contributed by atoms with E-state index in [4.69, 9.17) is 18.9 Å². The highest BCUT2D eigenvalue weighted by Crippen LogP contribution is 2.12. The van der Waals surface area contributed by atoms with Crippen molar-refractivity contribution in [1.82, 2.24) is 0 Å². The number of unbranched alkanes of at least 4 members (excludes halogenated alkanes) is 9. The first kappa shape index (κ1) is 58.9. The van der Waals surface area contributed by atoms with E-state index in [0.717, 1.165) is 103 Å². The molecular formula is C54H88NO8+. The summed E-state index contributed by atoms with van der Waals surface area (Å²) < 4.78 is 22.7. The number of carbonyl (C=O) groups is 3. The number of carbonyl (C=O) groups excluding carboxylic acids is 2. The van der Waals surface area contributed by atoms with Crippen molar-refractivity contribution in [2.45, 2.75) is 167 Å². The highest BCUT2D eigenvalue weighted by molar-refractivity contribution is 5.71. The van der Waals surface area contributed by atoms with Gasteiger partial charge in [-0.1, -0.05) is 155 Å². The monoisotopic (exact) mass is 879 g/mol. The Morgan fingerprint density at radius 2 is 0.857 bits per heavy atom. The van der Waals surface area contributed by atoms with E-state index in [9.17, 15) is 19.5 Å². The molecule has 9 nitrogen and oxygen atoms in total. The van der Waals surface area contributed by atoms with Gasteiger partial charge in [-0.3, -0.25) is 9.59 Å². The van der Waals surface area contributed by atoms with E-state index < -0.39 is 24.3 Å². The van der Waals surface area contributed by atoms with Crippen molar-refractivity contribution in [3.8, 4) is 0 Å². The molecule has 0 radical (unpaired) electrons. The van der Waals surface area contributed by atoms with Gasteiger partial charge in [-0.2, -0.15) is 0 Å². The number of allylic oxidation sites excluding steroid dienone is 18. The molecule has 0 aromatic carbocycles. The first-order chi connectivity index (χ1) is 30.6. The maximum atomic E-state index is 12.8. The molecule has 0 aliphatic rings. The van der Waals surface area contributed by atoms with E-state index in [2.05, 4.69) is 123 Å². The molecule has 0 amide bonds. The Morgan fingerprint density at radius 1 is 0.476 bits per heavy atom. The fourth-order valence-electron chi connectivity index (χ4n) is 5.85. The lowest BCUT2D eigenvalue weighted by Crippen LogP contribution is -2.40. The number of ether oxygens (including phenoxy) is 4. The van der Waals surface area contributed by atoms with Gasteiger partial charge < -0.3 is 28.5 Å². The van der Waals surface area contributed by atoms with Gasteiger partial charge >= 0.3 is 17.9 Å². The first-order valence-corrected chi connectivity index (χ1v) is 24.1. The summed E-state index contributed by atoms with van der Waals surface area (Å²) >= 11 is 0. The van der Waals surface area contributed by atoms with Gasteiger partial charge in [0.25, 0.3) is 6.29 Å². The average molecular weight is 879 g/mol. The Hall–Kier alpha value is -4.05. The number of rotatable bonds is 42. The van der Waals surface area contributed by atoms with Crippen LogP contribution >= 0.6 is 0 Å². The molecule has 0 bridgehead atoms. The van der Waals surface area contributed by atoms with E-state index in [1.807, 2.05) is 21.1 Å². The van der Waals surface area contributed by atoms with Crippen molar-refractivity contribution in [2.75, 3.05) is 47.5 Å². The van der Waals surface area contributed by atoms with Crippen LogP contribution in [-0.4, -0.2) is 87.4 Å². The van der Waals surface area contributed by atoms with Crippen molar-refractivity contribution in [2.24, 2.45) is 0 Å². The smallest absolute Gasteiger partial charge is 0.361 e. The number of hydrogen-bond donors (Lipinski definition) is 1. The summed E-state index contributed by atoms with van der Waals surface area (Å²) in [5, 5.41) is 9.66. The van der Waals surface area contributed by atoms with E-state index in [1.165, 1.54) is 19.3 Å². The van der Waals surface area contributed by atoms with Crippen LogP contribution in [0.25, 0.3) is 0 Å². The van der Waals surface area contributed by atoms with Crippen LogP contribution in [-0.2, 0) is 33.3 Å². The minimum atomic E-state index is -1.53. The van der Waals surface area contributed by atoms with Crippen molar-refractivity contribution in [1.29, 1.82) is 0 Å². The van der Waals surface area contributed by atoms with E-state index in [1.54, 1.807) is 0 Å². The predicted molar refractivity (Wildman–Crippen MR) is 262 cm³/mol. The molecule has 9 heteroatoms. The molecule has 0 aliphatic carbocycles. The van der Waals surface area contributed by atoms with Gasteiger partial charge in [0.2, 0.25) is 0 Å². The molecule has 0 fully saturated rings. The van der Waals surface area contributed by atoms with Crippen LogP contribution < -0.4 is 0 Å². The van der Waals surface area contributed by atoms with Gasteiger partial charge in [-0.25, -0.2) is 4.79 Å². The third kappa shape index (κ3) is 45.8. The maximum Gasteiger partial charge on any atom is 0.361 e. The molecule has 356 valence electrons. The van der Waals surface area contributed by atoms with E-state index in [-0.39, 0.29) is 38.6 Å². The van der Waals surface area contributed by atoms with Crippen LogP contribution in [0.5, 0.6) is 0 Å². The number of nitrogens with zero attached hydrogens (tertiary/aromatic N) is 1. The zero-order valence-electron chi connectivity index (χ0n) is 40.2. The first-order valence-electron chi connectivity index (χ1n) is 24.1. The van der Waals surface area contributed by atoms with Gasteiger partial charge in [0.1, 0.15) is 13.2 Å². The van der Waals surface area contributed by atoms with Gasteiger partial charge in [0.15, 0.2) is 6.10 Å². The Labute approximate surface area is 384 Å². The Morgan fingerprint density at radius 3 is 1.30 bits per heavy atom. The van der Waals surface area contributed by atoms with Crippen molar-refractivity contribution >= 4 is 17.9 Å². The molecule has 0 aromatic heterocycles. The normalized spacial score (nSPS) is 13.9. The molecule has 2 atom stereocenters. The van der Waals surface area contributed by atoms with Gasteiger partial charge in [0.05, 0.1) is 34.4 Å². The lowest BCUT2D eigenvalue weighted by molar-refractivity contribution is -0.870. The number of hydrogen-bond acceptors (Lipinski definition) is 7. The summed E-state index contributed by atoms with van der Waals surface area (Å²) in [7, 11) is 5.93. The van der Waals surface area contributed by atoms with Crippen molar-refractivity contribution in [3.63, 3.8) is 0 Å². The van der Waals surface area contributed by atoms with Crippen LogP contribution in [0.1, 0.15) is 155 Å². The largest absolute Gasteiger partial charge is 0.477 e. The van der Waals surface area contributed by atoms with Gasteiger partial charge in [0, 0.05) is 12.8 Å². The molecule has 0 saturated heterocycles. The van der Waals surface area contributed by atoms with Crippen LogP contribution in [0, 0.1) is 0 Å². The number of likely N-dealkylation sites (N-methyl/N-ethyl adjacent to an activating group) is 1.